The minimum absolute atomic E-state index is 0.0225. The van der Waals surface area contributed by atoms with Crippen molar-refractivity contribution in [2.45, 2.75) is 64.2 Å². The Bertz CT molecular complexity index is 831. The van der Waals surface area contributed by atoms with Crippen LogP contribution >= 0.6 is 0 Å². The molecule has 6 nitrogen and oxygen atoms in total. The van der Waals surface area contributed by atoms with E-state index in [1.807, 2.05) is 42.1 Å². The largest absolute Gasteiger partial charge is 0.555 e. The Labute approximate surface area is 182 Å². The highest BCUT2D eigenvalue weighted by atomic mass is 28.4. The normalized spacial score (nSPS) is 14.3. The van der Waals surface area contributed by atoms with E-state index in [2.05, 4.69) is 40.8 Å². The number of aromatic nitrogens is 2. The highest BCUT2D eigenvalue weighted by Crippen LogP contribution is 2.39. The molecule has 1 aromatic heterocycles. The number of rotatable bonds is 10. The Kier molecular flexibility index (Phi) is 8.07. The molecule has 0 saturated heterocycles. The lowest BCUT2D eigenvalue weighted by Gasteiger charge is -2.38. The first-order valence-electron chi connectivity index (χ1n) is 10.4. The Balaban J connectivity index is 2.13. The van der Waals surface area contributed by atoms with E-state index in [9.17, 15) is 5.11 Å². The van der Waals surface area contributed by atoms with Crippen molar-refractivity contribution >= 4 is 22.2 Å². The van der Waals surface area contributed by atoms with Crippen molar-refractivity contribution in [3.05, 3.63) is 41.9 Å². The summed E-state index contributed by atoms with van der Waals surface area (Å²) in [6.45, 7) is 13.3. The van der Waals surface area contributed by atoms with Gasteiger partial charge in [-0.3, -0.25) is 5.41 Å². The van der Waals surface area contributed by atoms with Gasteiger partial charge in [-0.1, -0.05) is 45.0 Å². The molecule has 2 unspecified atom stereocenters. The number of hydrogen-bond acceptors (Lipinski definition) is 5. The van der Waals surface area contributed by atoms with Crippen molar-refractivity contribution in [1.82, 2.24) is 9.55 Å². The topological polar surface area (TPSA) is 80.4 Å². The predicted molar refractivity (Wildman–Crippen MR) is 126 cm³/mol. The van der Waals surface area contributed by atoms with Gasteiger partial charge < -0.3 is 18.8 Å². The van der Waals surface area contributed by atoms with Gasteiger partial charge in [-0.05, 0) is 37.0 Å². The van der Waals surface area contributed by atoms with E-state index in [1.165, 1.54) is 7.48 Å². The van der Waals surface area contributed by atoms with E-state index in [1.54, 1.807) is 0 Å². The highest BCUT2D eigenvalue weighted by Gasteiger charge is 2.39. The van der Waals surface area contributed by atoms with Gasteiger partial charge >= 0.3 is 7.48 Å². The van der Waals surface area contributed by atoms with Crippen LogP contribution < -0.4 is 0 Å². The van der Waals surface area contributed by atoms with Crippen LogP contribution in [0.2, 0.25) is 23.9 Å². The molecule has 2 atom stereocenters. The fourth-order valence-electron chi connectivity index (χ4n) is 3.09. The van der Waals surface area contributed by atoms with Crippen LogP contribution in [0.4, 0.5) is 0 Å². The third kappa shape index (κ3) is 6.06. The monoisotopic (exact) mass is 428 g/mol. The highest BCUT2D eigenvalue weighted by molar-refractivity contribution is 6.74. The predicted octanol–water partition coefficient (Wildman–Crippen LogP) is 4.74. The minimum Gasteiger partial charge on any atom is -0.555 e. The molecule has 0 saturated carbocycles. The summed E-state index contributed by atoms with van der Waals surface area (Å²) in [5, 5.41) is 16.5. The molecule has 0 aliphatic rings. The summed E-state index contributed by atoms with van der Waals surface area (Å²) in [5.41, 5.74) is 3.05. The van der Waals surface area contributed by atoms with E-state index >= 15 is 0 Å². The number of aliphatic hydroxyl groups is 1. The molecule has 2 N–H and O–H groups in total. The SMILES string of the molecule is CC(O[Si](C)(C)C(C)(C)C)c1nc(-c2ccc(CC([B]OC=N)CO)cc2)cn1C. The number of nitrogens with one attached hydrogen (secondary N) is 1. The van der Waals surface area contributed by atoms with Gasteiger partial charge in [0.1, 0.15) is 18.3 Å². The van der Waals surface area contributed by atoms with Gasteiger partial charge in [0.2, 0.25) is 0 Å². The van der Waals surface area contributed by atoms with Gasteiger partial charge in [0.15, 0.2) is 8.32 Å². The lowest BCUT2D eigenvalue weighted by atomic mass is 9.76. The maximum Gasteiger partial charge on any atom is 0.377 e. The van der Waals surface area contributed by atoms with Crippen molar-refractivity contribution in [2.75, 3.05) is 6.61 Å². The Hall–Kier alpha value is -1.90. The Morgan fingerprint density at radius 3 is 2.43 bits per heavy atom. The molecule has 0 aliphatic heterocycles. The summed E-state index contributed by atoms with van der Waals surface area (Å²) >= 11 is 0. The molecule has 0 spiro atoms. The molecule has 1 aromatic carbocycles. The zero-order valence-electron chi connectivity index (χ0n) is 19.3. The maximum absolute atomic E-state index is 9.45. The number of aryl methyl sites for hydroxylation is 1. The second kappa shape index (κ2) is 9.94. The van der Waals surface area contributed by atoms with Gasteiger partial charge in [-0.15, -0.1) is 0 Å². The first-order chi connectivity index (χ1) is 14.0. The molecule has 30 heavy (non-hydrogen) atoms. The maximum atomic E-state index is 9.45. The zero-order valence-corrected chi connectivity index (χ0v) is 20.3. The van der Waals surface area contributed by atoms with E-state index in [-0.39, 0.29) is 23.6 Å². The van der Waals surface area contributed by atoms with Crippen LogP contribution in [0.3, 0.4) is 0 Å². The van der Waals surface area contributed by atoms with Crippen LogP contribution in [0, 0.1) is 5.41 Å². The molecule has 8 heteroatoms. The smallest absolute Gasteiger partial charge is 0.377 e. The summed E-state index contributed by atoms with van der Waals surface area (Å²) in [6, 6.07) is 8.18. The van der Waals surface area contributed by atoms with E-state index in [0.717, 1.165) is 29.0 Å². The second-order valence-electron chi connectivity index (χ2n) is 9.35. The number of imidazole rings is 1. The number of benzene rings is 1. The van der Waals surface area contributed by atoms with Crippen LogP contribution in [0.25, 0.3) is 11.3 Å². The number of hydrogen-bond donors (Lipinski definition) is 2. The number of nitrogens with zero attached hydrogens (tertiary/aromatic N) is 2. The summed E-state index contributed by atoms with van der Waals surface area (Å²) in [4.78, 5) is 4.86. The third-order valence-corrected chi connectivity index (χ3v) is 10.4. The van der Waals surface area contributed by atoms with Gasteiger partial charge in [-0.2, -0.15) is 0 Å². The Morgan fingerprint density at radius 1 is 1.27 bits per heavy atom. The molecule has 0 fully saturated rings. The standard InChI is InChI=1S/C22H35BN3O3Si/c1-16(29-30(6,7)22(2,3)4)21-25-20(13-26(21)5)18-10-8-17(9-11-18)12-19(14-27)23-28-15-24/h8-11,13,15-16,19,24,27H,12,14H2,1-7H3. The van der Waals surface area contributed by atoms with Crippen molar-refractivity contribution in [3.8, 4) is 11.3 Å². The lowest BCUT2D eigenvalue weighted by molar-refractivity contribution is 0.190. The molecular weight excluding hydrogens is 393 g/mol. The fourth-order valence-corrected chi connectivity index (χ4v) is 4.43. The Morgan fingerprint density at radius 2 is 1.90 bits per heavy atom. The van der Waals surface area contributed by atoms with Crippen LogP contribution in [0.1, 0.15) is 45.2 Å². The molecule has 0 amide bonds. The summed E-state index contributed by atoms with van der Waals surface area (Å²) < 4.78 is 13.5. The van der Waals surface area contributed by atoms with Crippen LogP contribution in [-0.2, 0) is 22.5 Å². The first kappa shape index (κ1) is 24.4. The molecular formula is C22H35BN3O3Si. The molecule has 0 aliphatic carbocycles. The third-order valence-electron chi connectivity index (χ3n) is 5.87. The average molecular weight is 428 g/mol. The molecule has 2 aromatic rings. The summed E-state index contributed by atoms with van der Waals surface area (Å²) in [7, 11) is 1.63. The van der Waals surface area contributed by atoms with Crippen molar-refractivity contribution in [2.24, 2.45) is 7.05 Å². The van der Waals surface area contributed by atoms with Gasteiger partial charge in [-0.25, -0.2) is 4.98 Å². The van der Waals surface area contributed by atoms with Crippen LogP contribution in [0.5, 0.6) is 0 Å². The van der Waals surface area contributed by atoms with E-state index in [4.69, 9.17) is 19.5 Å². The number of aliphatic hydroxyl groups excluding tert-OH is 1. The summed E-state index contributed by atoms with van der Waals surface area (Å²) in [6.07, 6.45) is 3.48. The van der Waals surface area contributed by atoms with Gasteiger partial charge in [0, 0.05) is 31.2 Å². The first-order valence-corrected chi connectivity index (χ1v) is 13.3. The van der Waals surface area contributed by atoms with Gasteiger partial charge in [0.05, 0.1) is 5.69 Å². The fraction of sp³-hybridized carbons (Fsp3) is 0.545. The van der Waals surface area contributed by atoms with Crippen molar-refractivity contribution in [3.63, 3.8) is 0 Å². The quantitative estimate of drug-likeness (QED) is 0.326. The molecule has 0 bridgehead atoms. The zero-order chi connectivity index (χ0) is 22.5. The van der Waals surface area contributed by atoms with Crippen LogP contribution in [0.15, 0.2) is 30.5 Å². The van der Waals surface area contributed by atoms with E-state index in [0.29, 0.717) is 6.42 Å². The van der Waals surface area contributed by atoms with E-state index < -0.39 is 8.32 Å². The average Bonchev–Trinajstić information content (AvgIpc) is 3.06. The second-order valence-corrected chi connectivity index (χ2v) is 14.1. The molecule has 1 radical (unpaired) electrons. The van der Waals surface area contributed by atoms with Crippen molar-refractivity contribution < 1.29 is 14.2 Å². The molecule has 163 valence electrons. The van der Waals surface area contributed by atoms with Crippen molar-refractivity contribution in [1.29, 1.82) is 5.41 Å². The summed E-state index contributed by atoms with van der Waals surface area (Å²) in [5.74, 6) is 0.782. The lowest BCUT2D eigenvalue weighted by Crippen LogP contribution is -2.41. The molecule has 1 heterocycles. The van der Waals surface area contributed by atoms with Gasteiger partial charge in [0.25, 0.3) is 0 Å². The van der Waals surface area contributed by atoms with Crippen LogP contribution in [-0.4, -0.2) is 43.5 Å². The molecule has 2 rings (SSSR count). The minimum atomic E-state index is -1.88.